The van der Waals surface area contributed by atoms with Crippen molar-refractivity contribution in [2.45, 2.75) is 0 Å². The lowest BCUT2D eigenvalue weighted by Gasteiger charge is -2.10. The molecule has 2 aromatic carbocycles. The van der Waals surface area contributed by atoms with Crippen LogP contribution in [0.15, 0.2) is 42.5 Å². The summed E-state index contributed by atoms with van der Waals surface area (Å²) in [5.41, 5.74) is 7.18. The highest BCUT2D eigenvalue weighted by atomic mass is 35.5. The van der Waals surface area contributed by atoms with Crippen LogP contribution in [-0.2, 0) is 0 Å². The highest BCUT2D eigenvalue weighted by molar-refractivity contribution is 6.31. The van der Waals surface area contributed by atoms with Crippen molar-refractivity contribution < 1.29 is 9.90 Å². The summed E-state index contributed by atoms with van der Waals surface area (Å²) in [6, 6.07) is 11.3. The van der Waals surface area contributed by atoms with Gasteiger partial charge in [0.05, 0.1) is 11.3 Å². The third-order valence-corrected chi connectivity index (χ3v) is 2.92. The molecular formula is C14H12ClN3O2. The molecule has 102 valence electrons. The van der Waals surface area contributed by atoms with Crippen LogP contribution in [0.5, 0.6) is 0 Å². The number of nitrogens with one attached hydrogen (secondary N) is 2. The first kappa shape index (κ1) is 13.9. The maximum Gasteiger partial charge on any atom is 0.337 e. The summed E-state index contributed by atoms with van der Waals surface area (Å²) in [6.07, 6.45) is 0. The fraction of sp³-hybridized carbons (Fsp3) is 0. The van der Waals surface area contributed by atoms with Crippen LogP contribution < -0.4 is 11.1 Å². The van der Waals surface area contributed by atoms with Crippen LogP contribution in [0.4, 0.5) is 11.4 Å². The molecule has 5 N–H and O–H groups in total. The second-order valence-electron chi connectivity index (χ2n) is 4.11. The Bertz CT molecular complexity index is 669. The average Bonchev–Trinajstić information content (AvgIpc) is 2.39. The average molecular weight is 290 g/mol. The smallest absolute Gasteiger partial charge is 0.337 e. The number of amidine groups is 1. The highest BCUT2D eigenvalue weighted by Gasteiger charge is 2.10. The van der Waals surface area contributed by atoms with E-state index < -0.39 is 5.97 Å². The molecule has 0 unspecified atom stereocenters. The van der Waals surface area contributed by atoms with Gasteiger partial charge in [0.2, 0.25) is 0 Å². The lowest BCUT2D eigenvalue weighted by atomic mass is 10.1. The van der Waals surface area contributed by atoms with E-state index >= 15 is 0 Å². The number of carboxylic acid groups (broad SMARTS) is 1. The molecule has 0 aliphatic rings. The lowest BCUT2D eigenvalue weighted by Crippen LogP contribution is -2.10. The highest BCUT2D eigenvalue weighted by Crippen LogP contribution is 2.25. The summed E-state index contributed by atoms with van der Waals surface area (Å²) in [6.45, 7) is 0. The van der Waals surface area contributed by atoms with E-state index in [0.29, 0.717) is 22.0 Å². The van der Waals surface area contributed by atoms with Gasteiger partial charge in [-0.05, 0) is 42.5 Å². The van der Waals surface area contributed by atoms with Crippen molar-refractivity contribution in [2.75, 3.05) is 5.32 Å². The Hall–Kier alpha value is -2.53. The zero-order chi connectivity index (χ0) is 14.7. The first-order valence-corrected chi connectivity index (χ1v) is 6.09. The van der Waals surface area contributed by atoms with Gasteiger partial charge in [0, 0.05) is 16.3 Å². The zero-order valence-corrected chi connectivity index (χ0v) is 11.1. The molecule has 2 aromatic rings. The molecule has 0 amide bonds. The predicted molar refractivity (Wildman–Crippen MR) is 79.2 cm³/mol. The van der Waals surface area contributed by atoms with Crippen LogP contribution in [-0.4, -0.2) is 16.9 Å². The Balaban J connectivity index is 2.31. The summed E-state index contributed by atoms with van der Waals surface area (Å²) >= 11 is 5.88. The molecule has 0 aromatic heterocycles. The number of aromatic carboxylic acids is 1. The lowest BCUT2D eigenvalue weighted by molar-refractivity contribution is 0.0698. The number of carbonyl (C=O) groups is 1. The topological polar surface area (TPSA) is 99.2 Å². The first-order chi connectivity index (χ1) is 9.47. The van der Waals surface area contributed by atoms with E-state index in [-0.39, 0.29) is 11.4 Å². The summed E-state index contributed by atoms with van der Waals surface area (Å²) < 4.78 is 0. The first-order valence-electron chi connectivity index (χ1n) is 5.71. The van der Waals surface area contributed by atoms with Crippen molar-refractivity contribution in [1.29, 1.82) is 5.41 Å². The fourth-order valence-electron chi connectivity index (χ4n) is 1.70. The van der Waals surface area contributed by atoms with E-state index in [1.807, 2.05) is 0 Å². The van der Waals surface area contributed by atoms with Gasteiger partial charge >= 0.3 is 5.97 Å². The number of carboxylic acids is 1. The minimum Gasteiger partial charge on any atom is -0.478 e. The molecule has 0 atom stereocenters. The Labute approximate surface area is 120 Å². The molecule has 6 heteroatoms. The number of anilines is 2. The summed E-state index contributed by atoms with van der Waals surface area (Å²) in [5.74, 6) is -1.06. The van der Waals surface area contributed by atoms with E-state index in [1.165, 1.54) is 12.1 Å². The van der Waals surface area contributed by atoms with E-state index in [2.05, 4.69) is 5.32 Å². The number of hydrogen-bond donors (Lipinski definition) is 4. The Morgan fingerprint density at radius 1 is 1.20 bits per heavy atom. The molecule has 0 aliphatic carbocycles. The second-order valence-corrected chi connectivity index (χ2v) is 4.55. The Kier molecular flexibility index (Phi) is 3.91. The third-order valence-electron chi connectivity index (χ3n) is 2.69. The van der Waals surface area contributed by atoms with Gasteiger partial charge in [0.25, 0.3) is 0 Å². The van der Waals surface area contributed by atoms with Crippen LogP contribution in [0.3, 0.4) is 0 Å². The summed E-state index contributed by atoms with van der Waals surface area (Å²) in [4.78, 5) is 11.1. The van der Waals surface area contributed by atoms with Gasteiger partial charge in [-0.2, -0.15) is 0 Å². The molecular weight excluding hydrogens is 278 g/mol. The number of nitrogens with two attached hydrogens (primary N) is 1. The zero-order valence-electron chi connectivity index (χ0n) is 10.4. The van der Waals surface area contributed by atoms with Gasteiger partial charge in [0.15, 0.2) is 0 Å². The van der Waals surface area contributed by atoms with Gasteiger partial charge < -0.3 is 16.2 Å². The second kappa shape index (κ2) is 5.63. The molecule has 0 radical (unpaired) electrons. The predicted octanol–water partition coefficient (Wildman–Crippen LogP) is 3.07. The van der Waals surface area contributed by atoms with Crippen LogP contribution in [0.1, 0.15) is 15.9 Å². The van der Waals surface area contributed by atoms with Crippen LogP contribution in [0.2, 0.25) is 5.02 Å². The van der Waals surface area contributed by atoms with Crippen molar-refractivity contribution in [3.05, 3.63) is 58.6 Å². The van der Waals surface area contributed by atoms with Gasteiger partial charge in [-0.25, -0.2) is 4.79 Å². The molecule has 0 spiro atoms. The van der Waals surface area contributed by atoms with Crippen LogP contribution in [0.25, 0.3) is 0 Å². The number of benzene rings is 2. The molecule has 0 aliphatic heterocycles. The van der Waals surface area contributed by atoms with Gasteiger partial charge in [0.1, 0.15) is 5.84 Å². The standard InChI is InChI=1S/C14H12ClN3O2/c15-9-3-6-11(14(19)20)12(7-9)18-10-4-1-8(2-5-10)13(16)17/h1-7,18H,(H3,16,17)(H,19,20). The maximum absolute atomic E-state index is 11.1. The SMILES string of the molecule is N=C(N)c1ccc(Nc2cc(Cl)ccc2C(=O)O)cc1. The van der Waals surface area contributed by atoms with Gasteiger partial charge in [-0.15, -0.1) is 0 Å². The number of hydrogen-bond acceptors (Lipinski definition) is 3. The molecule has 0 heterocycles. The molecule has 20 heavy (non-hydrogen) atoms. The number of rotatable bonds is 4. The van der Waals surface area contributed by atoms with Gasteiger partial charge in [-0.3, -0.25) is 5.41 Å². The van der Waals surface area contributed by atoms with Crippen molar-refractivity contribution in [3.63, 3.8) is 0 Å². The molecule has 2 rings (SSSR count). The van der Waals surface area contributed by atoms with E-state index in [9.17, 15) is 4.79 Å². The normalized spacial score (nSPS) is 10.1. The van der Waals surface area contributed by atoms with Crippen molar-refractivity contribution in [3.8, 4) is 0 Å². The Morgan fingerprint density at radius 3 is 2.40 bits per heavy atom. The van der Waals surface area contributed by atoms with Crippen LogP contribution in [0, 0.1) is 5.41 Å². The van der Waals surface area contributed by atoms with E-state index in [1.54, 1.807) is 30.3 Å². The molecule has 0 fully saturated rings. The van der Waals surface area contributed by atoms with E-state index in [4.69, 9.17) is 27.9 Å². The molecule has 0 bridgehead atoms. The number of halogens is 1. The van der Waals surface area contributed by atoms with Gasteiger partial charge in [-0.1, -0.05) is 11.6 Å². The number of nitrogen functional groups attached to an aromatic ring is 1. The Morgan fingerprint density at radius 2 is 1.85 bits per heavy atom. The third kappa shape index (κ3) is 3.07. The maximum atomic E-state index is 11.1. The van der Waals surface area contributed by atoms with E-state index in [0.717, 1.165) is 0 Å². The largest absolute Gasteiger partial charge is 0.478 e. The van der Waals surface area contributed by atoms with Crippen molar-refractivity contribution in [1.82, 2.24) is 0 Å². The van der Waals surface area contributed by atoms with Crippen molar-refractivity contribution >= 4 is 34.8 Å². The molecule has 0 saturated carbocycles. The summed E-state index contributed by atoms with van der Waals surface area (Å²) in [5, 5.41) is 19.9. The van der Waals surface area contributed by atoms with Crippen molar-refractivity contribution in [2.24, 2.45) is 5.73 Å². The quantitative estimate of drug-likeness (QED) is 0.513. The molecule has 0 saturated heterocycles. The monoisotopic (exact) mass is 289 g/mol. The minimum atomic E-state index is -1.04. The van der Waals surface area contributed by atoms with Crippen LogP contribution >= 0.6 is 11.6 Å². The molecule has 5 nitrogen and oxygen atoms in total. The fourth-order valence-corrected chi connectivity index (χ4v) is 1.87. The summed E-state index contributed by atoms with van der Waals surface area (Å²) in [7, 11) is 0. The minimum absolute atomic E-state index is 0.0227.